The molecule has 0 amide bonds. The van der Waals surface area contributed by atoms with Gasteiger partial charge in [-0.15, -0.1) is 0 Å². The van der Waals surface area contributed by atoms with Crippen LogP contribution in [0.1, 0.15) is 0 Å². The number of benzene rings is 4. The smallest absolute Gasteiger partial charge is 0.344 e. The zero-order chi connectivity index (χ0) is 15.4. The lowest BCUT2D eigenvalue weighted by atomic mass is 9.97. The van der Waals surface area contributed by atoms with E-state index in [1.54, 1.807) is 0 Å². The Bertz CT molecular complexity index is 1280. The van der Waals surface area contributed by atoms with Crippen molar-refractivity contribution in [3.8, 4) is 0 Å². The number of hydrogen-bond acceptors (Lipinski definition) is 2. The van der Waals surface area contributed by atoms with Crippen LogP contribution in [0.2, 0.25) is 0 Å². The number of hydrogen-bond donors (Lipinski definition) is 0. The van der Waals surface area contributed by atoms with Crippen LogP contribution in [0.5, 0.6) is 0 Å². The summed E-state index contributed by atoms with van der Waals surface area (Å²) >= 11 is 0. The highest BCUT2D eigenvalue weighted by Gasteiger charge is 2.11. The summed E-state index contributed by atoms with van der Waals surface area (Å²) in [6.07, 6.45) is 0. The SMILES string of the molecule is O=c1oc2ccccc2c2ccc3c4ccccc4ccc3c12. The third-order valence-electron chi connectivity index (χ3n) is 4.51. The van der Waals surface area contributed by atoms with Crippen LogP contribution in [0.3, 0.4) is 0 Å². The van der Waals surface area contributed by atoms with Gasteiger partial charge in [-0.1, -0.05) is 66.7 Å². The van der Waals surface area contributed by atoms with Crippen molar-refractivity contribution in [3.05, 3.63) is 83.2 Å². The first kappa shape index (κ1) is 12.4. The van der Waals surface area contributed by atoms with E-state index in [0.717, 1.165) is 26.9 Å². The van der Waals surface area contributed by atoms with Gasteiger partial charge in [-0.3, -0.25) is 0 Å². The first-order chi connectivity index (χ1) is 11.3. The molecule has 0 saturated carbocycles. The molecule has 0 bridgehead atoms. The fourth-order valence-corrected chi connectivity index (χ4v) is 3.46. The summed E-state index contributed by atoms with van der Waals surface area (Å²) in [4.78, 5) is 12.6. The van der Waals surface area contributed by atoms with Crippen LogP contribution >= 0.6 is 0 Å². The normalized spacial score (nSPS) is 11.7. The van der Waals surface area contributed by atoms with Crippen molar-refractivity contribution < 1.29 is 4.42 Å². The molecule has 1 heterocycles. The van der Waals surface area contributed by atoms with Gasteiger partial charge >= 0.3 is 5.63 Å². The largest absolute Gasteiger partial charge is 0.422 e. The van der Waals surface area contributed by atoms with Crippen LogP contribution in [0.15, 0.2) is 82.0 Å². The lowest BCUT2D eigenvalue weighted by Gasteiger charge is -2.08. The first-order valence-corrected chi connectivity index (χ1v) is 7.59. The van der Waals surface area contributed by atoms with E-state index in [-0.39, 0.29) is 5.63 Å². The molecule has 5 aromatic rings. The summed E-state index contributed by atoms with van der Waals surface area (Å²) in [5.74, 6) is 0. The molecule has 2 nitrogen and oxygen atoms in total. The van der Waals surface area contributed by atoms with Crippen molar-refractivity contribution in [2.24, 2.45) is 0 Å². The Balaban J connectivity index is 2.10. The van der Waals surface area contributed by atoms with Gasteiger partial charge in [0.1, 0.15) is 5.58 Å². The molecule has 0 spiro atoms. The summed E-state index contributed by atoms with van der Waals surface area (Å²) in [7, 11) is 0. The Morgan fingerprint density at radius 3 is 2.13 bits per heavy atom. The fraction of sp³-hybridized carbons (Fsp3) is 0. The van der Waals surface area contributed by atoms with E-state index < -0.39 is 0 Å². The van der Waals surface area contributed by atoms with Crippen LogP contribution in [-0.4, -0.2) is 0 Å². The lowest BCUT2D eigenvalue weighted by molar-refractivity contribution is 0.570. The minimum absolute atomic E-state index is 0.278. The molecule has 4 aromatic carbocycles. The van der Waals surface area contributed by atoms with Crippen molar-refractivity contribution >= 4 is 43.3 Å². The molecular weight excluding hydrogens is 284 g/mol. The summed E-state index contributed by atoms with van der Waals surface area (Å²) < 4.78 is 5.54. The summed E-state index contributed by atoms with van der Waals surface area (Å²) in [5, 5.41) is 6.92. The fourth-order valence-electron chi connectivity index (χ4n) is 3.46. The van der Waals surface area contributed by atoms with Crippen molar-refractivity contribution in [2.75, 3.05) is 0 Å². The molecule has 1 aromatic heterocycles. The zero-order valence-corrected chi connectivity index (χ0v) is 12.2. The third-order valence-corrected chi connectivity index (χ3v) is 4.51. The zero-order valence-electron chi connectivity index (χ0n) is 12.2. The summed E-state index contributed by atoms with van der Waals surface area (Å²) in [6, 6.07) is 24.1. The first-order valence-electron chi connectivity index (χ1n) is 7.59. The van der Waals surface area contributed by atoms with Gasteiger partial charge in [-0.05, 0) is 27.6 Å². The number of fused-ring (bicyclic) bond motifs is 7. The number of rotatable bonds is 0. The van der Waals surface area contributed by atoms with Crippen molar-refractivity contribution in [3.63, 3.8) is 0 Å². The Kier molecular flexibility index (Phi) is 2.39. The second-order valence-electron chi connectivity index (χ2n) is 5.76. The molecule has 0 radical (unpaired) electrons. The van der Waals surface area contributed by atoms with Crippen LogP contribution in [-0.2, 0) is 0 Å². The Labute approximate surface area is 131 Å². The van der Waals surface area contributed by atoms with E-state index >= 15 is 0 Å². The maximum atomic E-state index is 12.6. The Morgan fingerprint density at radius 1 is 0.565 bits per heavy atom. The maximum absolute atomic E-state index is 12.6. The minimum Gasteiger partial charge on any atom is -0.422 e. The van der Waals surface area contributed by atoms with E-state index in [9.17, 15) is 4.79 Å². The molecule has 0 aliphatic carbocycles. The van der Waals surface area contributed by atoms with Gasteiger partial charge in [-0.2, -0.15) is 0 Å². The molecular formula is C21H12O2. The van der Waals surface area contributed by atoms with E-state index in [0.29, 0.717) is 11.0 Å². The van der Waals surface area contributed by atoms with Gasteiger partial charge in [0.15, 0.2) is 0 Å². The summed E-state index contributed by atoms with van der Waals surface area (Å²) in [5.41, 5.74) is 0.352. The van der Waals surface area contributed by atoms with E-state index in [1.165, 1.54) is 5.39 Å². The standard InChI is InChI=1S/C21H12O2/c22-21-20-17-10-9-13-5-1-2-6-14(13)15(17)11-12-18(20)16-7-3-4-8-19(16)23-21/h1-12H. The predicted molar refractivity (Wildman–Crippen MR) is 95.0 cm³/mol. The highest BCUT2D eigenvalue weighted by Crippen LogP contribution is 2.32. The van der Waals surface area contributed by atoms with Gasteiger partial charge in [0, 0.05) is 10.8 Å². The van der Waals surface area contributed by atoms with Crippen LogP contribution in [0, 0.1) is 0 Å². The summed E-state index contributed by atoms with van der Waals surface area (Å²) in [6.45, 7) is 0. The molecule has 0 N–H and O–H groups in total. The van der Waals surface area contributed by atoms with Crippen molar-refractivity contribution in [2.45, 2.75) is 0 Å². The topological polar surface area (TPSA) is 30.2 Å². The predicted octanol–water partition coefficient (Wildman–Crippen LogP) is 5.25. The van der Waals surface area contributed by atoms with Crippen LogP contribution < -0.4 is 5.63 Å². The Hall–Kier alpha value is -3.13. The van der Waals surface area contributed by atoms with Gasteiger partial charge in [0.2, 0.25) is 0 Å². The van der Waals surface area contributed by atoms with E-state index in [1.807, 2.05) is 48.5 Å². The molecule has 2 heteroatoms. The van der Waals surface area contributed by atoms with Gasteiger partial charge < -0.3 is 4.42 Å². The van der Waals surface area contributed by atoms with E-state index in [2.05, 4.69) is 24.3 Å². The lowest BCUT2D eigenvalue weighted by Crippen LogP contribution is -2.00. The van der Waals surface area contributed by atoms with Crippen molar-refractivity contribution in [1.82, 2.24) is 0 Å². The second-order valence-corrected chi connectivity index (χ2v) is 5.76. The van der Waals surface area contributed by atoms with Crippen LogP contribution in [0.4, 0.5) is 0 Å². The van der Waals surface area contributed by atoms with Gasteiger partial charge in [0.25, 0.3) is 0 Å². The molecule has 0 atom stereocenters. The Morgan fingerprint density at radius 2 is 1.22 bits per heavy atom. The average Bonchev–Trinajstić information content (AvgIpc) is 2.61. The van der Waals surface area contributed by atoms with Crippen molar-refractivity contribution in [1.29, 1.82) is 0 Å². The second kappa shape index (κ2) is 4.43. The number of para-hydroxylation sites is 1. The van der Waals surface area contributed by atoms with Gasteiger partial charge in [0.05, 0.1) is 5.39 Å². The third kappa shape index (κ3) is 1.66. The minimum atomic E-state index is -0.278. The van der Waals surface area contributed by atoms with E-state index in [4.69, 9.17) is 4.42 Å². The average molecular weight is 296 g/mol. The molecule has 0 saturated heterocycles. The molecule has 0 aliphatic heterocycles. The molecule has 0 aliphatic rings. The molecule has 108 valence electrons. The van der Waals surface area contributed by atoms with Gasteiger partial charge in [-0.25, -0.2) is 4.79 Å². The highest BCUT2D eigenvalue weighted by molar-refractivity contribution is 6.20. The molecule has 23 heavy (non-hydrogen) atoms. The molecule has 0 unspecified atom stereocenters. The molecule has 0 fully saturated rings. The molecule has 5 rings (SSSR count). The van der Waals surface area contributed by atoms with Crippen LogP contribution in [0.25, 0.3) is 43.3 Å². The highest BCUT2D eigenvalue weighted by atomic mass is 16.4. The quantitative estimate of drug-likeness (QED) is 0.288. The monoisotopic (exact) mass is 296 g/mol. The maximum Gasteiger partial charge on any atom is 0.344 e.